The van der Waals surface area contributed by atoms with Gasteiger partial charge >= 0.3 is 0 Å². The van der Waals surface area contributed by atoms with Gasteiger partial charge in [-0.2, -0.15) is 5.10 Å². The monoisotopic (exact) mass is 434 g/mol. The van der Waals surface area contributed by atoms with Crippen LogP contribution in [-0.4, -0.2) is 49.9 Å². The van der Waals surface area contributed by atoms with Gasteiger partial charge in [-0.25, -0.2) is 0 Å². The van der Waals surface area contributed by atoms with Crippen molar-refractivity contribution in [2.24, 2.45) is 7.05 Å². The summed E-state index contributed by atoms with van der Waals surface area (Å²) in [6.45, 7) is 3.15. The second kappa shape index (κ2) is 9.91. The molecule has 0 radical (unpaired) electrons. The molecular weight excluding hydrogens is 412 g/mol. The predicted octanol–water partition coefficient (Wildman–Crippen LogP) is 3.41. The van der Waals surface area contributed by atoms with Crippen LogP contribution in [0.25, 0.3) is 11.4 Å². The van der Waals surface area contributed by atoms with Crippen molar-refractivity contribution < 1.29 is 9.53 Å². The number of hydrogen-bond acceptors (Lipinski definition) is 6. The van der Waals surface area contributed by atoms with E-state index >= 15 is 0 Å². The topological polar surface area (TPSA) is 86.9 Å². The molecule has 3 aromatic rings. The summed E-state index contributed by atoms with van der Waals surface area (Å²) in [7, 11) is 3.46. The SMILES string of the molecule is COCCCn1c(SCC(=O)Nc2cc(C)nn2C)nnc1-c1ccccc1Cl. The van der Waals surface area contributed by atoms with E-state index in [1.165, 1.54) is 11.8 Å². The third-order valence-electron chi connectivity index (χ3n) is 4.16. The number of aromatic nitrogens is 5. The number of nitrogens with one attached hydrogen (secondary N) is 1. The summed E-state index contributed by atoms with van der Waals surface area (Å²) in [5.41, 5.74) is 1.65. The van der Waals surface area contributed by atoms with Gasteiger partial charge < -0.3 is 14.6 Å². The van der Waals surface area contributed by atoms with Crippen LogP contribution in [0.2, 0.25) is 5.02 Å². The molecule has 0 aliphatic rings. The first-order valence-electron chi connectivity index (χ1n) is 9.10. The molecule has 2 aromatic heterocycles. The molecule has 0 saturated carbocycles. The van der Waals surface area contributed by atoms with Gasteiger partial charge in [-0.05, 0) is 25.5 Å². The minimum absolute atomic E-state index is 0.135. The zero-order valence-corrected chi connectivity index (χ0v) is 18.1. The highest BCUT2D eigenvalue weighted by atomic mass is 35.5. The summed E-state index contributed by atoms with van der Waals surface area (Å²) in [6, 6.07) is 9.33. The van der Waals surface area contributed by atoms with E-state index < -0.39 is 0 Å². The molecule has 1 amide bonds. The van der Waals surface area contributed by atoms with Crippen LogP contribution in [0.5, 0.6) is 0 Å². The summed E-state index contributed by atoms with van der Waals surface area (Å²) in [5.74, 6) is 1.40. The first-order valence-corrected chi connectivity index (χ1v) is 10.5. The summed E-state index contributed by atoms with van der Waals surface area (Å²) < 4.78 is 8.79. The highest BCUT2D eigenvalue weighted by Crippen LogP contribution is 2.29. The molecule has 8 nitrogen and oxygen atoms in total. The molecule has 29 heavy (non-hydrogen) atoms. The smallest absolute Gasteiger partial charge is 0.235 e. The van der Waals surface area contributed by atoms with Crippen molar-refractivity contribution in [2.45, 2.75) is 25.0 Å². The summed E-state index contributed by atoms with van der Waals surface area (Å²) in [5, 5.41) is 17.0. The number of carbonyl (C=O) groups excluding carboxylic acids is 1. The zero-order valence-electron chi connectivity index (χ0n) is 16.6. The molecule has 0 aliphatic heterocycles. The van der Waals surface area contributed by atoms with Gasteiger partial charge in [-0.1, -0.05) is 35.5 Å². The zero-order chi connectivity index (χ0) is 20.8. The van der Waals surface area contributed by atoms with Gasteiger partial charge in [0.15, 0.2) is 11.0 Å². The summed E-state index contributed by atoms with van der Waals surface area (Å²) in [6.07, 6.45) is 0.792. The molecule has 0 spiro atoms. The molecule has 3 rings (SSSR count). The number of aryl methyl sites for hydroxylation is 2. The number of methoxy groups -OCH3 is 1. The van der Waals surface area contributed by atoms with Gasteiger partial charge in [0.2, 0.25) is 5.91 Å². The van der Waals surface area contributed by atoms with Crippen LogP contribution in [0.15, 0.2) is 35.5 Å². The van der Waals surface area contributed by atoms with Crippen LogP contribution in [0.3, 0.4) is 0 Å². The van der Waals surface area contributed by atoms with E-state index in [1.54, 1.807) is 18.8 Å². The summed E-state index contributed by atoms with van der Waals surface area (Å²) >= 11 is 7.68. The first-order chi connectivity index (χ1) is 14.0. The lowest BCUT2D eigenvalue weighted by molar-refractivity contribution is -0.113. The molecule has 10 heteroatoms. The van der Waals surface area contributed by atoms with Gasteiger partial charge in [-0.3, -0.25) is 9.48 Å². The largest absolute Gasteiger partial charge is 0.385 e. The number of thioether (sulfide) groups is 1. The Kier molecular flexibility index (Phi) is 7.29. The fourth-order valence-electron chi connectivity index (χ4n) is 2.84. The van der Waals surface area contributed by atoms with E-state index in [4.69, 9.17) is 16.3 Å². The molecule has 0 unspecified atom stereocenters. The molecular formula is C19H23ClN6O2S. The number of nitrogens with zero attached hydrogens (tertiary/aromatic N) is 5. The van der Waals surface area contributed by atoms with Crippen LogP contribution in [0, 0.1) is 6.92 Å². The van der Waals surface area contributed by atoms with Crippen molar-refractivity contribution in [2.75, 3.05) is 24.8 Å². The van der Waals surface area contributed by atoms with Crippen molar-refractivity contribution in [1.82, 2.24) is 24.5 Å². The third-order valence-corrected chi connectivity index (χ3v) is 5.46. The Labute approximate surface area is 178 Å². The maximum atomic E-state index is 12.4. The fraction of sp³-hybridized carbons (Fsp3) is 0.368. The molecule has 0 aliphatic carbocycles. The molecule has 1 aromatic carbocycles. The Balaban J connectivity index is 1.75. The average molecular weight is 435 g/mol. The van der Waals surface area contributed by atoms with E-state index in [2.05, 4.69) is 20.6 Å². The number of rotatable bonds is 9. The molecule has 0 bridgehead atoms. The average Bonchev–Trinajstić information content (AvgIpc) is 3.23. The van der Waals surface area contributed by atoms with Crippen molar-refractivity contribution in [3.05, 3.63) is 41.0 Å². The standard InChI is InChI=1S/C19H23ClN6O2S/c1-13-11-16(25(2)24-13)21-17(27)12-29-19-23-22-18(26(19)9-6-10-28-3)14-7-4-5-8-15(14)20/h4-5,7-8,11H,6,9-10,12H2,1-3H3,(H,21,27). The van der Waals surface area contributed by atoms with E-state index in [0.717, 1.165) is 17.7 Å². The highest BCUT2D eigenvalue weighted by Gasteiger charge is 2.17. The lowest BCUT2D eigenvalue weighted by atomic mass is 10.2. The number of anilines is 1. The molecule has 154 valence electrons. The maximum absolute atomic E-state index is 12.4. The van der Waals surface area contributed by atoms with Crippen molar-refractivity contribution in [1.29, 1.82) is 0 Å². The number of hydrogen-bond donors (Lipinski definition) is 1. The third kappa shape index (κ3) is 5.37. The lowest BCUT2D eigenvalue weighted by Crippen LogP contribution is -2.17. The van der Waals surface area contributed by atoms with E-state index in [0.29, 0.717) is 35.0 Å². The molecule has 1 N–H and O–H groups in total. The van der Waals surface area contributed by atoms with Crippen LogP contribution in [-0.2, 0) is 23.1 Å². The van der Waals surface area contributed by atoms with E-state index in [9.17, 15) is 4.79 Å². The van der Waals surface area contributed by atoms with E-state index in [-0.39, 0.29) is 11.7 Å². The highest BCUT2D eigenvalue weighted by molar-refractivity contribution is 7.99. The number of carbonyl (C=O) groups is 1. The molecule has 0 fully saturated rings. The second-order valence-corrected chi connectivity index (χ2v) is 7.77. The van der Waals surface area contributed by atoms with Crippen LogP contribution < -0.4 is 5.32 Å². The van der Waals surface area contributed by atoms with Crippen LogP contribution in [0.4, 0.5) is 5.82 Å². The molecule has 0 saturated heterocycles. The summed E-state index contributed by atoms with van der Waals surface area (Å²) in [4.78, 5) is 12.4. The van der Waals surface area contributed by atoms with Crippen molar-refractivity contribution >= 4 is 35.1 Å². The van der Waals surface area contributed by atoms with Gasteiger partial charge in [-0.15, -0.1) is 10.2 Å². The van der Waals surface area contributed by atoms with Crippen LogP contribution >= 0.6 is 23.4 Å². The Bertz CT molecular complexity index is 987. The Morgan fingerprint density at radius 1 is 1.31 bits per heavy atom. The number of halogens is 1. The molecule has 0 atom stereocenters. The lowest BCUT2D eigenvalue weighted by Gasteiger charge is -2.11. The Hall–Kier alpha value is -2.36. The maximum Gasteiger partial charge on any atom is 0.235 e. The number of benzene rings is 1. The minimum atomic E-state index is -0.135. The van der Waals surface area contributed by atoms with Gasteiger partial charge in [0.25, 0.3) is 0 Å². The van der Waals surface area contributed by atoms with Gasteiger partial charge in [0, 0.05) is 38.9 Å². The molecule has 2 heterocycles. The Morgan fingerprint density at radius 2 is 2.10 bits per heavy atom. The number of ether oxygens (including phenoxy) is 1. The van der Waals surface area contributed by atoms with Crippen LogP contribution in [0.1, 0.15) is 12.1 Å². The fourth-order valence-corrected chi connectivity index (χ4v) is 3.83. The predicted molar refractivity (Wildman–Crippen MR) is 114 cm³/mol. The second-order valence-electron chi connectivity index (χ2n) is 6.42. The van der Waals surface area contributed by atoms with E-state index in [1.807, 2.05) is 41.8 Å². The first kappa shape index (κ1) is 21.4. The van der Waals surface area contributed by atoms with Gasteiger partial charge in [0.1, 0.15) is 5.82 Å². The quantitative estimate of drug-likeness (QED) is 0.410. The number of amides is 1. The van der Waals surface area contributed by atoms with Gasteiger partial charge in [0.05, 0.1) is 16.5 Å². The van der Waals surface area contributed by atoms with Crippen molar-refractivity contribution in [3.63, 3.8) is 0 Å². The normalized spacial score (nSPS) is 11.0. The minimum Gasteiger partial charge on any atom is -0.385 e. The van der Waals surface area contributed by atoms with Crippen molar-refractivity contribution in [3.8, 4) is 11.4 Å². The Morgan fingerprint density at radius 3 is 2.79 bits per heavy atom.